The van der Waals surface area contributed by atoms with Gasteiger partial charge in [-0.25, -0.2) is 0 Å². The molecule has 320 valence electrons. The summed E-state index contributed by atoms with van der Waals surface area (Å²) < 4.78 is 16.7. The van der Waals surface area contributed by atoms with Crippen LogP contribution in [0.1, 0.15) is 259 Å². The molecule has 0 aromatic carbocycles. The highest BCUT2D eigenvalue weighted by Crippen LogP contribution is 2.17. The smallest absolute Gasteiger partial charge is 0.306 e. The molecule has 0 aromatic rings. The minimum absolute atomic E-state index is 0.0654. The third-order valence-electron chi connectivity index (χ3n) is 11.1. The first-order valence-corrected chi connectivity index (χ1v) is 23.8. The Bertz CT molecular complexity index is 826. The van der Waals surface area contributed by atoms with E-state index in [1.807, 2.05) is 0 Å². The van der Waals surface area contributed by atoms with Gasteiger partial charge in [-0.1, -0.05) is 221 Å². The monoisotopic (exact) mass is 765 g/mol. The minimum Gasteiger partial charge on any atom is -0.462 e. The average Bonchev–Trinajstić information content (AvgIpc) is 3.15. The highest BCUT2D eigenvalue weighted by Gasteiger charge is 2.19. The summed E-state index contributed by atoms with van der Waals surface area (Å²) in [6, 6.07) is 0. The lowest BCUT2D eigenvalue weighted by Crippen LogP contribution is -2.30. The van der Waals surface area contributed by atoms with Gasteiger partial charge in [0.15, 0.2) is 6.10 Å². The van der Waals surface area contributed by atoms with Crippen molar-refractivity contribution in [2.75, 3.05) is 13.2 Å². The topological polar surface area (TPSA) is 78.9 Å². The first kappa shape index (κ1) is 52.4. The minimum atomic E-state index is -0.760. The van der Waals surface area contributed by atoms with Gasteiger partial charge < -0.3 is 14.2 Å². The second-order valence-corrected chi connectivity index (χ2v) is 17.1. The Hall–Kier alpha value is -1.59. The molecular formula is C48H92O6. The molecule has 0 aromatic heterocycles. The molecule has 0 radical (unpaired) electrons. The van der Waals surface area contributed by atoms with E-state index in [9.17, 15) is 14.4 Å². The molecule has 0 saturated carbocycles. The molecule has 0 aliphatic heterocycles. The van der Waals surface area contributed by atoms with Gasteiger partial charge in [0.1, 0.15) is 13.2 Å². The first-order valence-electron chi connectivity index (χ1n) is 23.8. The fraction of sp³-hybridized carbons (Fsp3) is 0.938. The molecular weight excluding hydrogens is 673 g/mol. The molecule has 0 saturated heterocycles. The van der Waals surface area contributed by atoms with Crippen LogP contribution in [-0.4, -0.2) is 37.2 Å². The predicted molar refractivity (Wildman–Crippen MR) is 229 cm³/mol. The number of rotatable bonds is 42. The zero-order valence-corrected chi connectivity index (χ0v) is 36.8. The molecule has 0 aliphatic rings. The summed E-state index contributed by atoms with van der Waals surface area (Å²) in [5.74, 6) is 0.796. The molecule has 0 bridgehead atoms. The highest BCUT2D eigenvalue weighted by atomic mass is 16.6. The summed E-state index contributed by atoms with van der Waals surface area (Å²) in [6.45, 7) is 11.3. The highest BCUT2D eigenvalue weighted by molar-refractivity contribution is 5.71. The van der Waals surface area contributed by atoms with Crippen LogP contribution in [0.15, 0.2) is 0 Å². The van der Waals surface area contributed by atoms with Crippen molar-refractivity contribution in [3.8, 4) is 0 Å². The van der Waals surface area contributed by atoms with Crippen LogP contribution in [0.3, 0.4) is 0 Å². The van der Waals surface area contributed by atoms with Gasteiger partial charge in [-0.15, -0.1) is 0 Å². The lowest BCUT2D eigenvalue weighted by atomic mass is 9.99. The van der Waals surface area contributed by atoms with E-state index in [2.05, 4.69) is 34.6 Å². The van der Waals surface area contributed by atoms with Gasteiger partial charge in [-0.3, -0.25) is 14.4 Å². The Morgan fingerprint density at radius 2 is 0.704 bits per heavy atom. The zero-order valence-electron chi connectivity index (χ0n) is 36.8. The maximum Gasteiger partial charge on any atom is 0.306 e. The maximum atomic E-state index is 12.7. The first-order chi connectivity index (χ1) is 26.3. The van der Waals surface area contributed by atoms with Crippen molar-refractivity contribution in [3.05, 3.63) is 0 Å². The van der Waals surface area contributed by atoms with Gasteiger partial charge in [-0.2, -0.15) is 0 Å². The van der Waals surface area contributed by atoms with Crippen molar-refractivity contribution in [1.29, 1.82) is 0 Å². The number of carbonyl (C=O) groups is 3. The van der Waals surface area contributed by atoms with E-state index >= 15 is 0 Å². The van der Waals surface area contributed by atoms with Crippen LogP contribution in [0, 0.1) is 11.8 Å². The van der Waals surface area contributed by atoms with Crippen molar-refractivity contribution < 1.29 is 28.6 Å². The van der Waals surface area contributed by atoms with Crippen LogP contribution in [0.25, 0.3) is 0 Å². The van der Waals surface area contributed by atoms with Gasteiger partial charge in [-0.05, 0) is 31.1 Å². The van der Waals surface area contributed by atoms with E-state index < -0.39 is 6.10 Å². The van der Waals surface area contributed by atoms with Crippen molar-refractivity contribution in [2.45, 2.75) is 265 Å². The predicted octanol–water partition coefficient (Wildman–Crippen LogP) is 15.0. The molecule has 54 heavy (non-hydrogen) atoms. The van der Waals surface area contributed by atoms with E-state index in [0.717, 1.165) is 69.6 Å². The number of hydrogen-bond donors (Lipinski definition) is 0. The molecule has 0 spiro atoms. The molecule has 1 unspecified atom stereocenters. The Morgan fingerprint density at radius 3 is 1.06 bits per heavy atom. The van der Waals surface area contributed by atoms with Crippen LogP contribution in [0.5, 0.6) is 0 Å². The molecule has 0 amide bonds. The van der Waals surface area contributed by atoms with Crippen molar-refractivity contribution in [3.63, 3.8) is 0 Å². The van der Waals surface area contributed by atoms with Crippen molar-refractivity contribution >= 4 is 17.9 Å². The number of carbonyl (C=O) groups excluding carboxylic acids is 3. The van der Waals surface area contributed by atoms with Gasteiger partial charge in [0, 0.05) is 19.3 Å². The molecule has 6 nitrogen and oxygen atoms in total. The maximum absolute atomic E-state index is 12.7. The second-order valence-electron chi connectivity index (χ2n) is 17.1. The number of esters is 3. The van der Waals surface area contributed by atoms with Crippen molar-refractivity contribution in [1.82, 2.24) is 0 Å². The van der Waals surface area contributed by atoms with Gasteiger partial charge in [0.25, 0.3) is 0 Å². The normalized spacial score (nSPS) is 12.6. The summed E-state index contributed by atoms with van der Waals surface area (Å²) in [6.07, 6.45) is 39.5. The Morgan fingerprint density at radius 1 is 0.389 bits per heavy atom. The standard InChI is InChI=1S/C48H92O6/c1-6-8-9-10-11-18-22-28-33-38-46(49)52-41-45(42-53-47(50)39-34-29-25-24-26-31-36-43(3)4)54-48(51)40-35-30-23-20-17-15-13-12-14-16-19-21-27-32-37-44(5)7-2/h43-45H,6-42H2,1-5H3/t44?,45-/m0/s1. The number of ether oxygens (including phenoxy) is 3. The summed E-state index contributed by atoms with van der Waals surface area (Å²) in [5.41, 5.74) is 0. The van der Waals surface area contributed by atoms with E-state index in [4.69, 9.17) is 14.2 Å². The number of hydrogen-bond acceptors (Lipinski definition) is 6. The Balaban J connectivity index is 4.24. The largest absolute Gasteiger partial charge is 0.462 e. The quantitative estimate of drug-likeness (QED) is 0.0350. The van der Waals surface area contributed by atoms with Gasteiger partial charge in [0.2, 0.25) is 0 Å². The van der Waals surface area contributed by atoms with E-state index in [1.165, 1.54) is 148 Å². The molecule has 0 heterocycles. The van der Waals surface area contributed by atoms with E-state index in [-0.39, 0.29) is 31.1 Å². The fourth-order valence-corrected chi connectivity index (χ4v) is 7.07. The summed E-state index contributed by atoms with van der Waals surface area (Å²) in [7, 11) is 0. The fourth-order valence-electron chi connectivity index (χ4n) is 7.07. The third kappa shape index (κ3) is 40.1. The molecule has 0 aliphatic carbocycles. The van der Waals surface area contributed by atoms with Crippen LogP contribution in [0.2, 0.25) is 0 Å². The molecule has 0 N–H and O–H groups in total. The molecule has 6 heteroatoms. The van der Waals surface area contributed by atoms with E-state index in [1.54, 1.807) is 0 Å². The third-order valence-corrected chi connectivity index (χ3v) is 11.1. The lowest BCUT2D eigenvalue weighted by Gasteiger charge is -2.18. The zero-order chi connectivity index (χ0) is 39.7. The second kappa shape index (κ2) is 41.1. The van der Waals surface area contributed by atoms with Gasteiger partial charge in [0.05, 0.1) is 0 Å². The van der Waals surface area contributed by atoms with Crippen LogP contribution in [-0.2, 0) is 28.6 Å². The van der Waals surface area contributed by atoms with Crippen LogP contribution >= 0.6 is 0 Å². The molecule has 0 fully saturated rings. The average molecular weight is 765 g/mol. The Labute approximate surface area is 336 Å². The number of unbranched alkanes of at least 4 members (excludes halogenated alkanes) is 26. The van der Waals surface area contributed by atoms with Crippen molar-refractivity contribution in [2.24, 2.45) is 11.8 Å². The Kier molecular flexibility index (Phi) is 39.8. The summed E-state index contributed by atoms with van der Waals surface area (Å²) in [4.78, 5) is 37.7. The van der Waals surface area contributed by atoms with Gasteiger partial charge >= 0.3 is 17.9 Å². The summed E-state index contributed by atoms with van der Waals surface area (Å²) in [5, 5.41) is 0. The van der Waals surface area contributed by atoms with Crippen LogP contribution in [0.4, 0.5) is 0 Å². The molecule has 0 rings (SSSR count). The van der Waals surface area contributed by atoms with E-state index in [0.29, 0.717) is 19.3 Å². The SMILES string of the molecule is CCCCCCCCCCCC(=O)OC[C@@H](COC(=O)CCCCCCCCC(C)C)OC(=O)CCCCCCCCCCCCCCCCC(C)CC. The molecule has 2 atom stereocenters. The van der Waals surface area contributed by atoms with Crippen LogP contribution < -0.4 is 0 Å². The summed E-state index contributed by atoms with van der Waals surface area (Å²) >= 11 is 0. The lowest BCUT2D eigenvalue weighted by molar-refractivity contribution is -0.167.